The van der Waals surface area contributed by atoms with E-state index in [2.05, 4.69) is 15.2 Å². The number of likely N-dealkylation sites (tertiary alicyclic amines) is 1. The van der Waals surface area contributed by atoms with Gasteiger partial charge in [0.25, 0.3) is 0 Å². The summed E-state index contributed by atoms with van der Waals surface area (Å²) >= 11 is 6.36. The Labute approximate surface area is 210 Å². The van der Waals surface area contributed by atoms with Crippen molar-refractivity contribution in [2.45, 2.75) is 38.4 Å². The molecule has 35 heavy (non-hydrogen) atoms. The van der Waals surface area contributed by atoms with Crippen molar-refractivity contribution in [1.29, 1.82) is 0 Å². The third-order valence-corrected chi connectivity index (χ3v) is 6.53. The van der Waals surface area contributed by atoms with E-state index in [0.29, 0.717) is 28.5 Å². The summed E-state index contributed by atoms with van der Waals surface area (Å²) in [5.74, 6) is -1.11. The average molecular weight is 490 g/mol. The van der Waals surface area contributed by atoms with Gasteiger partial charge in [-0.15, -0.1) is 0 Å². The fourth-order valence-electron chi connectivity index (χ4n) is 4.32. The maximum absolute atomic E-state index is 13.4. The Bertz CT molecular complexity index is 1230. The van der Waals surface area contributed by atoms with Crippen molar-refractivity contribution < 1.29 is 14.7 Å². The van der Waals surface area contributed by atoms with E-state index in [0.717, 1.165) is 30.5 Å². The normalized spacial score (nSPS) is 17.2. The van der Waals surface area contributed by atoms with Crippen LogP contribution in [-0.2, 0) is 16.1 Å². The van der Waals surface area contributed by atoms with Gasteiger partial charge < -0.3 is 10.4 Å². The zero-order valence-corrected chi connectivity index (χ0v) is 20.3. The zero-order chi connectivity index (χ0) is 24.8. The third-order valence-electron chi connectivity index (χ3n) is 6.17. The molecule has 2 N–H and O–H groups in total. The molecule has 0 bridgehead atoms. The van der Waals surface area contributed by atoms with Crippen LogP contribution < -0.4 is 5.32 Å². The number of aliphatic imine (C=N–C) groups is 1. The molecular formula is C28H28ClN3O3. The van der Waals surface area contributed by atoms with Gasteiger partial charge in [0.1, 0.15) is 6.04 Å². The Balaban J connectivity index is 1.61. The second-order valence-corrected chi connectivity index (χ2v) is 9.02. The molecule has 7 heteroatoms. The molecule has 1 aliphatic heterocycles. The number of halogens is 1. The molecule has 1 heterocycles. The first-order chi connectivity index (χ1) is 16.9. The Kier molecular flexibility index (Phi) is 7.95. The van der Waals surface area contributed by atoms with Crippen LogP contribution in [0.15, 0.2) is 83.9 Å². The van der Waals surface area contributed by atoms with Crippen molar-refractivity contribution in [2.75, 3.05) is 11.9 Å². The lowest BCUT2D eigenvalue weighted by molar-refractivity contribution is -0.138. The van der Waals surface area contributed by atoms with Gasteiger partial charge in [-0.05, 0) is 44.0 Å². The van der Waals surface area contributed by atoms with Crippen LogP contribution in [0, 0.1) is 0 Å². The van der Waals surface area contributed by atoms with Gasteiger partial charge in [0.15, 0.2) is 0 Å². The van der Waals surface area contributed by atoms with Crippen molar-refractivity contribution in [2.24, 2.45) is 4.99 Å². The molecule has 180 valence electrons. The van der Waals surface area contributed by atoms with Crippen molar-refractivity contribution in [3.8, 4) is 0 Å². The Morgan fingerprint density at radius 2 is 1.74 bits per heavy atom. The van der Waals surface area contributed by atoms with E-state index in [4.69, 9.17) is 11.6 Å². The predicted octanol–water partition coefficient (Wildman–Crippen LogP) is 5.25. The van der Waals surface area contributed by atoms with Gasteiger partial charge in [0, 0.05) is 22.7 Å². The monoisotopic (exact) mass is 489 g/mol. The third kappa shape index (κ3) is 5.96. The highest BCUT2D eigenvalue weighted by atomic mass is 35.5. The minimum atomic E-state index is -1.01. The highest BCUT2D eigenvalue weighted by molar-refractivity contribution is 6.31. The summed E-state index contributed by atoms with van der Waals surface area (Å²) < 4.78 is 0. The molecule has 1 amide bonds. The molecular weight excluding hydrogens is 462 g/mol. The van der Waals surface area contributed by atoms with E-state index in [-0.39, 0.29) is 11.9 Å². The van der Waals surface area contributed by atoms with Crippen LogP contribution in [0.1, 0.15) is 36.5 Å². The molecule has 2 atom stereocenters. The number of para-hydroxylation sites is 1. The van der Waals surface area contributed by atoms with E-state index in [1.807, 2.05) is 78.9 Å². The summed E-state index contributed by atoms with van der Waals surface area (Å²) in [5, 5.41) is 13.2. The van der Waals surface area contributed by atoms with Crippen LogP contribution in [0.5, 0.6) is 0 Å². The van der Waals surface area contributed by atoms with Crippen LogP contribution in [0.25, 0.3) is 0 Å². The summed E-state index contributed by atoms with van der Waals surface area (Å²) in [6.45, 7) is 2.96. The molecule has 1 aliphatic rings. The summed E-state index contributed by atoms with van der Waals surface area (Å²) in [5.41, 5.74) is 3.58. The molecule has 1 fully saturated rings. The molecule has 3 aromatic rings. The van der Waals surface area contributed by atoms with Gasteiger partial charge in [0.05, 0.1) is 17.4 Å². The zero-order valence-electron chi connectivity index (χ0n) is 19.5. The van der Waals surface area contributed by atoms with E-state index >= 15 is 0 Å². The van der Waals surface area contributed by atoms with E-state index < -0.39 is 12.0 Å². The van der Waals surface area contributed by atoms with E-state index in [9.17, 15) is 14.7 Å². The molecule has 3 aromatic carbocycles. The number of carbonyl (C=O) groups is 2. The second-order valence-electron chi connectivity index (χ2n) is 8.61. The molecule has 1 saturated heterocycles. The summed E-state index contributed by atoms with van der Waals surface area (Å²) in [6, 6.07) is 23.3. The van der Waals surface area contributed by atoms with Crippen molar-refractivity contribution >= 4 is 34.9 Å². The van der Waals surface area contributed by atoms with Crippen LogP contribution in [0.4, 0.5) is 5.69 Å². The van der Waals surface area contributed by atoms with Crippen LogP contribution >= 0.6 is 11.6 Å². The summed E-state index contributed by atoms with van der Waals surface area (Å²) in [7, 11) is 0. The smallest absolute Gasteiger partial charge is 0.328 e. The van der Waals surface area contributed by atoms with Gasteiger partial charge in [-0.2, -0.15) is 0 Å². The number of amides is 1. The number of carboxylic acids is 1. The molecule has 6 nitrogen and oxygen atoms in total. The maximum Gasteiger partial charge on any atom is 0.328 e. The van der Waals surface area contributed by atoms with Crippen molar-refractivity contribution in [3.05, 3.63) is 101 Å². The molecule has 0 aromatic heterocycles. The number of anilines is 1. The first-order valence-corrected chi connectivity index (χ1v) is 12.1. The number of nitrogens with zero attached hydrogens (tertiary/aromatic N) is 2. The highest BCUT2D eigenvalue weighted by Crippen LogP contribution is 2.26. The van der Waals surface area contributed by atoms with E-state index in [1.165, 1.54) is 6.92 Å². The molecule has 0 spiro atoms. The summed E-state index contributed by atoms with van der Waals surface area (Å²) in [4.78, 5) is 31.6. The van der Waals surface area contributed by atoms with Crippen molar-refractivity contribution in [3.63, 3.8) is 0 Å². The Morgan fingerprint density at radius 1 is 1.06 bits per heavy atom. The molecule has 0 aliphatic carbocycles. The second kappa shape index (κ2) is 11.3. The number of rotatable bonds is 8. The minimum absolute atomic E-state index is 0.0966. The number of nitrogens with one attached hydrogen (secondary N) is 1. The lowest BCUT2D eigenvalue weighted by atomic mass is 9.99. The standard InChI is InChI=1S/C28H28ClN3O3/c1-19(28(34)35)30-26(20-10-3-2-4-11-20)22-13-6-8-15-24(22)31-27(33)25-16-9-17-32(25)18-21-12-5-7-14-23(21)29/h2-8,10-15,19,25H,9,16-18H2,1H3,(H,31,33)(H,34,35)/t19-,25-/m0/s1. The van der Waals surface area contributed by atoms with E-state index in [1.54, 1.807) is 0 Å². The predicted molar refractivity (Wildman–Crippen MR) is 139 cm³/mol. The number of carbonyl (C=O) groups excluding carboxylic acids is 1. The molecule has 0 unspecified atom stereocenters. The minimum Gasteiger partial charge on any atom is -0.480 e. The lowest BCUT2D eigenvalue weighted by Crippen LogP contribution is -2.39. The van der Waals surface area contributed by atoms with Gasteiger partial charge in [-0.3, -0.25) is 14.7 Å². The van der Waals surface area contributed by atoms with Crippen LogP contribution in [0.2, 0.25) is 5.02 Å². The largest absolute Gasteiger partial charge is 0.480 e. The SMILES string of the molecule is C[C@H](N=C(c1ccccc1)c1ccccc1NC(=O)[C@@H]1CCCN1Cc1ccccc1Cl)C(=O)O. The van der Waals surface area contributed by atoms with Gasteiger partial charge in [0.2, 0.25) is 5.91 Å². The summed E-state index contributed by atoms with van der Waals surface area (Å²) in [6.07, 6.45) is 1.69. The fourth-order valence-corrected chi connectivity index (χ4v) is 4.51. The number of benzene rings is 3. The number of hydrogen-bond donors (Lipinski definition) is 2. The number of hydrogen-bond acceptors (Lipinski definition) is 4. The first-order valence-electron chi connectivity index (χ1n) is 11.7. The highest BCUT2D eigenvalue weighted by Gasteiger charge is 2.31. The molecule has 0 radical (unpaired) electrons. The Morgan fingerprint density at radius 3 is 2.49 bits per heavy atom. The first kappa shape index (κ1) is 24.6. The van der Waals surface area contributed by atoms with Crippen LogP contribution in [-0.4, -0.2) is 46.2 Å². The molecule has 4 rings (SSSR count). The van der Waals surface area contributed by atoms with Gasteiger partial charge in [-0.25, -0.2) is 4.79 Å². The number of carboxylic acid groups (broad SMARTS) is 1. The fraction of sp³-hybridized carbons (Fsp3) is 0.250. The van der Waals surface area contributed by atoms with Gasteiger partial charge in [-0.1, -0.05) is 78.3 Å². The number of aliphatic carboxylic acids is 1. The van der Waals surface area contributed by atoms with Gasteiger partial charge >= 0.3 is 5.97 Å². The molecule has 0 saturated carbocycles. The van der Waals surface area contributed by atoms with Crippen molar-refractivity contribution in [1.82, 2.24) is 4.90 Å². The Hall–Kier alpha value is -3.48. The quantitative estimate of drug-likeness (QED) is 0.423. The lowest BCUT2D eigenvalue weighted by Gasteiger charge is -2.25. The van der Waals surface area contributed by atoms with Crippen LogP contribution in [0.3, 0.4) is 0 Å². The average Bonchev–Trinajstić information content (AvgIpc) is 3.33. The topological polar surface area (TPSA) is 82.0 Å². The maximum atomic E-state index is 13.4.